The summed E-state index contributed by atoms with van der Waals surface area (Å²) in [6.07, 6.45) is 3.96. The zero-order chi connectivity index (χ0) is 13.8. The normalized spacial score (nSPS) is 20.2. The number of piperidine rings is 1. The second-order valence-corrected chi connectivity index (χ2v) is 5.84. The van der Waals surface area contributed by atoms with E-state index in [1.54, 1.807) is 0 Å². The molecular weight excluding hydrogens is 254 g/mol. The van der Waals surface area contributed by atoms with Crippen LogP contribution in [0, 0.1) is 6.92 Å². The molecule has 1 aliphatic heterocycles. The van der Waals surface area contributed by atoms with Gasteiger partial charge in [0.25, 0.3) is 0 Å². The molecule has 0 aliphatic carbocycles. The predicted molar refractivity (Wildman–Crippen MR) is 85.8 cm³/mol. The standard InChI is InChI=1S/C15H23N3S/c1-11-9-12(6-7-14(11)15(16)19)17-10-13-5-3-4-8-18(13)2/h6-7,9,13,17H,3-5,8,10H2,1-2H3,(H2,16,19). The van der Waals surface area contributed by atoms with Gasteiger partial charge >= 0.3 is 0 Å². The number of rotatable bonds is 4. The minimum absolute atomic E-state index is 0.469. The van der Waals surface area contributed by atoms with Crippen molar-refractivity contribution in [2.45, 2.75) is 32.2 Å². The quantitative estimate of drug-likeness (QED) is 0.830. The van der Waals surface area contributed by atoms with Crippen molar-refractivity contribution in [1.29, 1.82) is 0 Å². The molecule has 1 unspecified atom stereocenters. The third-order valence-corrected chi connectivity index (χ3v) is 4.18. The smallest absolute Gasteiger partial charge is 0.104 e. The highest BCUT2D eigenvalue weighted by Crippen LogP contribution is 2.18. The monoisotopic (exact) mass is 277 g/mol. The fourth-order valence-electron chi connectivity index (χ4n) is 2.69. The maximum Gasteiger partial charge on any atom is 0.104 e. The first-order chi connectivity index (χ1) is 9.08. The predicted octanol–water partition coefficient (Wildman–Crippen LogP) is 2.53. The number of thiocarbonyl (C=S) groups is 1. The van der Waals surface area contributed by atoms with Gasteiger partial charge < -0.3 is 16.0 Å². The maximum absolute atomic E-state index is 5.68. The number of nitrogens with two attached hydrogens (primary N) is 1. The molecule has 19 heavy (non-hydrogen) atoms. The van der Waals surface area contributed by atoms with Crippen LogP contribution < -0.4 is 11.1 Å². The van der Waals surface area contributed by atoms with Gasteiger partial charge in [-0.1, -0.05) is 18.6 Å². The molecule has 0 spiro atoms. The maximum atomic E-state index is 5.68. The molecule has 1 fully saturated rings. The fraction of sp³-hybridized carbons (Fsp3) is 0.533. The molecule has 1 aliphatic rings. The lowest BCUT2D eigenvalue weighted by Gasteiger charge is -2.32. The number of aryl methyl sites for hydroxylation is 1. The van der Waals surface area contributed by atoms with E-state index in [2.05, 4.69) is 29.4 Å². The molecule has 1 aromatic rings. The third kappa shape index (κ3) is 3.67. The number of anilines is 1. The molecule has 0 radical (unpaired) electrons. The Hall–Kier alpha value is -1.13. The molecule has 1 saturated heterocycles. The topological polar surface area (TPSA) is 41.3 Å². The molecule has 1 aromatic carbocycles. The van der Waals surface area contributed by atoms with Crippen molar-refractivity contribution in [2.75, 3.05) is 25.5 Å². The van der Waals surface area contributed by atoms with Crippen LogP contribution in [0.3, 0.4) is 0 Å². The van der Waals surface area contributed by atoms with E-state index in [9.17, 15) is 0 Å². The van der Waals surface area contributed by atoms with E-state index >= 15 is 0 Å². The first kappa shape index (κ1) is 14.3. The Morgan fingerprint density at radius 1 is 1.47 bits per heavy atom. The average molecular weight is 277 g/mol. The Balaban J connectivity index is 1.96. The number of likely N-dealkylation sites (N-methyl/N-ethyl adjacent to an activating group) is 1. The second kappa shape index (κ2) is 6.35. The van der Waals surface area contributed by atoms with Crippen LogP contribution in [0.25, 0.3) is 0 Å². The average Bonchev–Trinajstić information content (AvgIpc) is 2.37. The second-order valence-electron chi connectivity index (χ2n) is 5.41. The molecule has 0 aromatic heterocycles. The van der Waals surface area contributed by atoms with Crippen LogP contribution in [0.1, 0.15) is 30.4 Å². The highest BCUT2D eigenvalue weighted by atomic mass is 32.1. The minimum atomic E-state index is 0.469. The number of hydrogen-bond acceptors (Lipinski definition) is 3. The van der Waals surface area contributed by atoms with Gasteiger partial charge in [-0.25, -0.2) is 0 Å². The zero-order valence-electron chi connectivity index (χ0n) is 11.8. The Morgan fingerprint density at radius 2 is 2.26 bits per heavy atom. The molecule has 0 saturated carbocycles. The summed E-state index contributed by atoms with van der Waals surface area (Å²) in [6.45, 7) is 4.26. The first-order valence-electron chi connectivity index (χ1n) is 6.92. The third-order valence-electron chi connectivity index (χ3n) is 3.96. The first-order valence-corrected chi connectivity index (χ1v) is 7.33. The van der Waals surface area contributed by atoms with Crippen molar-refractivity contribution >= 4 is 22.9 Å². The van der Waals surface area contributed by atoms with E-state index in [0.29, 0.717) is 11.0 Å². The van der Waals surface area contributed by atoms with Gasteiger partial charge in [0.05, 0.1) is 0 Å². The van der Waals surface area contributed by atoms with Crippen LogP contribution in [0.4, 0.5) is 5.69 Å². The molecule has 0 bridgehead atoms. The molecule has 2 rings (SSSR count). The van der Waals surface area contributed by atoms with Crippen LogP contribution in [-0.4, -0.2) is 36.1 Å². The molecule has 4 heteroatoms. The number of likely N-dealkylation sites (tertiary alicyclic amines) is 1. The molecule has 104 valence electrons. The van der Waals surface area contributed by atoms with Crippen LogP contribution in [0.2, 0.25) is 0 Å². The van der Waals surface area contributed by atoms with Crippen LogP contribution in [0.15, 0.2) is 18.2 Å². The van der Waals surface area contributed by atoms with Gasteiger partial charge in [0.15, 0.2) is 0 Å². The number of benzene rings is 1. The lowest BCUT2D eigenvalue weighted by atomic mass is 10.0. The van der Waals surface area contributed by atoms with Gasteiger partial charge in [0.2, 0.25) is 0 Å². The van der Waals surface area contributed by atoms with Crippen molar-refractivity contribution in [3.63, 3.8) is 0 Å². The van der Waals surface area contributed by atoms with Crippen molar-refractivity contribution < 1.29 is 0 Å². The summed E-state index contributed by atoms with van der Waals surface area (Å²) in [4.78, 5) is 2.92. The van der Waals surface area contributed by atoms with Gasteiger partial charge in [0.1, 0.15) is 4.99 Å². The summed E-state index contributed by atoms with van der Waals surface area (Å²) in [5, 5.41) is 3.53. The number of hydrogen-bond donors (Lipinski definition) is 2. The van der Waals surface area contributed by atoms with Crippen molar-refractivity contribution in [2.24, 2.45) is 5.73 Å². The number of nitrogens with zero attached hydrogens (tertiary/aromatic N) is 1. The van der Waals surface area contributed by atoms with Gasteiger partial charge in [-0.05, 0) is 57.1 Å². The summed E-state index contributed by atoms with van der Waals surface area (Å²) in [5.41, 5.74) is 8.93. The summed E-state index contributed by atoms with van der Waals surface area (Å²) < 4.78 is 0. The Labute approximate surface area is 121 Å². The van der Waals surface area contributed by atoms with Crippen LogP contribution in [0.5, 0.6) is 0 Å². The summed E-state index contributed by atoms with van der Waals surface area (Å²) in [5.74, 6) is 0. The zero-order valence-corrected chi connectivity index (χ0v) is 12.6. The Morgan fingerprint density at radius 3 is 2.89 bits per heavy atom. The Kier molecular flexibility index (Phi) is 4.77. The SMILES string of the molecule is Cc1cc(NCC2CCCCN2C)ccc1C(N)=S. The summed E-state index contributed by atoms with van der Waals surface area (Å²) in [7, 11) is 2.21. The summed E-state index contributed by atoms with van der Waals surface area (Å²) in [6, 6.07) is 6.83. The van der Waals surface area contributed by atoms with Gasteiger partial charge in [-0.15, -0.1) is 0 Å². The number of nitrogens with one attached hydrogen (secondary N) is 1. The molecule has 0 amide bonds. The van der Waals surface area contributed by atoms with Gasteiger partial charge in [-0.2, -0.15) is 0 Å². The van der Waals surface area contributed by atoms with E-state index in [0.717, 1.165) is 23.4 Å². The molecule has 1 heterocycles. The van der Waals surface area contributed by atoms with Crippen LogP contribution >= 0.6 is 12.2 Å². The van der Waals surface area contributed by atoms with E-state index in [4.69, 9.17) is 18.0 Å². The van der Waals surface area contributed by atoms with E-state index < -0.39 is 0 Å². The highest BCUT2D eigenvalue weighted by molar-refractivity contribution is 7.80. The lowest BCUT2D eigenvalue weighted by Crippen LogP contribution is -2.40. The van der Waals surface area contributed by atoms with Crippen molar-refractivity contribution in [3.05, 3.63) is 29.3 Å². The molecule has 3 nitrogen and oxygen atoms in total. The molecular formula is C15H23N3S. The van der Waals surface area contributed by atoms with E-state index in [1.165, 1.54) is 25.8 Å². The fourth-order valence-corrected chi connectivity index (χ4v) is 2.92. The van der Waals surface area contributed by atoms with Gasteiger partial charge in [-0.3, -0.25) is 0 Å². The van der Waals surface area contributed by atoms with E-state index in [1.807, 2.05) is 13.0 Å². The Bertz CT molecular complexity index is 459. The van der Waals surface area contributed by atoms with Crippen LogP contribution in [-0.2, 0) is 0 Å². The van der Waals surface area contributed by atoms with Crippen molar-refractivity contribution in [3.8, 4) is 0 Å². The largest absolute Gasteiger partial charge is 0.389 e. The summed E-state index contributed by atoms with van der Waals surface area (Å²) >= 11 is 5.03. The highest BCUT2D eigenvalue weighted by Gasteiger charge is 2.18. The van der Waals surface area contributed by atoms with Crippen molar-refractivity contribution in [1.82, 2.24) is 4.90 Å². The molecule has 1 atom stereocenters. The molecule has 3 N–H and O–H groups in total. The van der Waals surface area contributed by atoms with Gasteiger partial charge in [0, 0.05) is 23.8 Å². The minimum Gasteiger partial charge on any atom is -0.389 e. The lowest BCUT2D eigenvalue weighted by molar-refractivity contribution is 0.194. The van der Waals surface area contributed by atoms with E-state index in [-0.39, 0.29) is 0 Å².